The summed E-state index contributed by atoms with van der Waals surface area (Å²) in [6.45, 7) is 7.77. The van der Waals surface area contributed by atoms with Gasteiger partial charge in [0, 0.05) is 5.69 Å². The summed E-state index contributed by atoms with van der Waals surface area (Å²) in [7, 11) is 0. The molecule has 0 saturated heterocycles. The minimum atomic E-state index is 0.816. The van der Waals surface area contributed by atoms with Crippen molar-refractivity contribution in [1.29, 1.82) is 0 Å². The summed E-state index contributed by atoms with van der Waals surface area (Å²) in [6.07, 6.45) is 8.53. The van der Waals surface area contributed by atoms with Gasteiger partial charge in [0.1, 0.15) is 0 Å². The van der Waals surface area contributed by atoms with Crippen LogP contribution in [0.2, 0.25) is 0 Å². The first-order valence-corrected chi connectivity index (χ1v) is 7.86. The van der Waals surface area contributed by atoms with Crippen LogP contribution in [-0.4, -0.2) is 6.72 Å². The molecule has 0 atom stereocenters. The fourth-order valence-corrected chi connectivity index (χ4v) is 2.42. The molecule has 118 valence electrons. The molecule has 2 heteroatoms. The van der Waals surface area contributed by atoms with Crippen molar-refractivity contribution in [2.75, 3.05) is 5.73 Å². The normalized spacial score (nSPS) is 11.8. The Morgan fingerprint density at radius 3 is 2.57 bits per heavy atom. The SMILES string of the molecule is C=Nc1ccc(/C(C)=C/C=C\CCc2ccc(N)cc2)cc1C. The third-order valence-electron chi connectivity index (χ3n) is 3.88. The highest BCUT2D eigenvalue weighted by Crippen LogP contribution is 2.23. The molecule has 0 heterocycles. The Labute approximate surface area is 139 Å². The summed E-state index contributed by atoms with van der Waals surface area (Å²) in [4.78, 5) is 4.00. The molecule has 2 nitrogen and oxygen atoms in total. The average molecular weight is 304 g/mol. The van der Waals surface area contributed by atoms with E-state index >= 15 is 0 Å². The molecule has 0 radical (unpaired) electrons. The van der Waals surface area contributed by atoms with Crippen molar-refractivity contribution in [3.63, 3.8) is 0 Å². The summed E-state index contributed by atoms with van der Waals surface area (Å²) in [6, 6.07) is 14.3. The van der Waals surface area contributed by atoms with Gasteiger partial charge in [-0.1, -0.05) is 36.4 Å². The van der Waals surface area contributed by atoms with E-state index < -0.39 is 0 Å². The Morgan fingerprint density at radius 1 is 1.17 bits per heavy atom. The smallest absolute Gasteiger partial charge is 0.0651 e. The van der Waals surface area contributed by atoms with Crippen molar-refractivity contribution in [2.24, 2.45) is 4.99 Å². The molecule has 2 N–H and O–H groups in total. The van der Waals surface area contributed by atoms with Crippen molar-refractivity contribution in [3.8, 4) is 0 Å². The van der Waals surface area contributed by atoms with Gasteiger partial charge in [0.05, 0.1) is 5.69 Å². The Balaban J connectivity index is 1.92. The zero-order valence-electron chi connectivity index (χ0n) is 13.9. The van der Waals surface area contributed by atoms with Crippen LogP contribution in [0.1, 0.15) is 30.0 Å². The molecule has 23 heavy (non-hydrogen) atoms. The first-order valence-electron chi connectivity index (χ1n) is 7.86. The fraction of sp³-hybridized carbons (Fsp3) is 0.190. The molecule has 0 aromatic heterocycles. The molecule has 0 aliphatic heterocycles. The van der Waals surface area contributed by atoms with Crippen LogP contribution in [0.3, 0.4) is 0 Å². The van der Waals surface area contributed by atoms with Gasteiger partial charge in [0.15, 0.2) is 0 Å². The summed E-state index contributed by atoms with van der Waals surface area (Å²) in [5.41, 5.74) is 12.4. The predicted octanol–water partition coefficient (Wildman–Crippen LogP) is 5.50. The number of allylic oxidation sites excluding steroid dienone is 4. The Bertz CT molecular complexity index is 722. The van der Waals surface area contributed by atoms with E-state index in [0.717, 1.165) is 29.8 Å². The molecule has 0 spiro atoms. The highest BCUT2D eigenvalue weighted by molar-refractivity contribution is 5.68. The largest absolute Gasteiger partial charge is 0.399 e. The fourth-order valence-electron chi connectivity index (χ4n) is 2.42. The maximum Gasteiger partial charge on any atom is 0.0651 e. The number of nitrogen functional groups attached to an aromatic ring is 1. The Kier molecular flexibility index (Phi) is 5.93. The molecule has 0 aliphatic carbocycles. The molecular formula is C21H24N2. The number of benzene rings is 2. The first kappa shape index (κ1) is 16.8. The number of hydrogen-bond acceptors (Lipinski definition) is 2. The number of nitrogens with zero attached hydrogens (tertiary/aromatic N) is 1. The molecule has 2 aromatic carbocycles. The minimum Gasteiger partial charge on any atom is -0.399 e. The zero-order chi connectivity index (χ0) is 16.7. The second-order valence-electron chi connectivity index (χ2n) is 5.72. The lowest BCUT2D eigenvalue weighted by atomic mass is 10.0. The third-order valence-corrected chi connectivity index (χ3v) is 3.88. The van der Waals surface area contributed by atoms with Crippen molar-refractivity contribution < 1.29 is 0 Å². The lowest BCUT2D eigenvalue weighted by molar-refractivity contribution is 1.00. The van der Waals surface area contributed by atoms with Gasteiger partial charge in [-0.15, -0.1) is 0 Å². The Hall–Kier alpha value is -2.61. The van der Waals surface area contributed by atoms with Crippen LogP contribution >= 0.6 is 0 Å². The lowest BCUT2D eigenvalue weighted by Crippen LogP contribution is -1.86. The number of rotatable bonds is 6. The van der Waals surface area contributed by atoms with Crippen LogP contribution in [-0.2, 0) is 6.42 Å². The van der Waals surface area contributed by atoms with Gasteiger partial charge in [-0.3, -0.25) is 4.99 Å². The van der Waals surface area contributed by atoms with Gasteiger partial charge < -0.3 is 5.73 Å². The van der Waals surface area contributed by atoms with Crippen LogP contribution in [0.5, 0.6) is 0 Å². The molecule has 0 aliphatic rings. The second kappa shape index (κ2) is 8.14. The summed E-state index contributed by atoms with van der Waals surface area (Å²) < 4.78 is 0. The summed E-state index contributed by atoms with van der Waals surface area (Å²) in [5.74, 6) is 0. The van der Waals surface area contributed by atoms with Crippen LogP contribution < -0.4 is 5.73 Å². The van der Waals surface area contributed by atoms with Crippen LogP contribution in [0.4, 0.5) is 11.4 Å². The Morgan fingerprint density at radius 2 is 1.91 bits per heavy atom. The van der Waals surface area contributed by atoms with Crippen molar-refractivity contribution in [3.05, 3.63) is 77.4 Å². The predicted molar refractivity (Wildman–Crippen MR) is 102 cm³/mol. The minimum absolute atomic E-state index is 0.816. The molecule has 2 aromatic rings. The molecule has 0 unspecified atom stereocenters. The second-order valence-corrected chi connectivity index (χ2v) is 5.72. The van der Waals surface area contributed by atoms with Gasteiger partial charge in [-0.25, -0.2) is 0 Å². The van der Waals surface area contributed by atoms with Gasteiger partial charge in [-0.05, 0) is 79.9 Å². The number of aliphatic imine (C=N–C) groups is 1. The van der Waals surface area contributed by atoms with E-state index in [0.29, 0.717) is 0 Å². The van der Waals surface area contributed by atoms with E-state index in [9.17, 15) is 0 Å². The molecule has 0 bridgehead atoms. The van der Waals surface area contributed by atoms with Crippen LogP contribution in [0, 0.1) is 6.92 Å². The van der Waals surface area contributed by atoms with E-state index in [4.69, 9.17) is 5.73 Å². The van der Waals surface area contributed by atoms with Gasteiger partial charge in [0.2, 0.25) is 0 Å². The van der Waals surface area contributed by atoms with Gasteiger partial charge in [0.25, 0.3) is 0 Å². The maximum atomic E-state index is 5.69. The molecule has 0 amide bonds. The summed E-state index contributed by atoms with van der Waals surface area (Å²) in [5, 5.41) is 0. The molecule has 0 fully saturated rings. The standard InChI is InChI=1S/C21H24N2/c1-16(19-11-14-21(23-3)17(2)15-19)7-5-4-6-8-18-9-12-20(22)13-10-18/h4-5,7,9-15H,3,6,8,22H2,1-2H3/b5-4-,16-7+. The van der Waals surface area contributed by atoms with E-state index in [1.165, 1.54) is 16.7 Å². The highest BCUT2D eigenvalue weighted by atomic mass is 14.7. The van der Waals surface area contributed by atoms with Crippen molar-refractivity contribution in [2.45, 2.75) is 26.7 Å². The number of aryl methyl sites for hydroxylation is 2. The average Bonchev–Trinajstić information content (AvgIpc) is 2.56. The highest BCUT2D eigenvalue weighted by Gasteiger charge is 1.99. The van der Waals surface area contributed by atoms with Gasteiger partial charge in [-0.2, -0.15) is 0 Å². The monoisotopic (exact) mass is 304 g/mol. The van der Waals surface area contributed by atoms with Crippen LogP contribution in [0.15, 0.2) is 65.7 Å². The summed E-state index contributed by atoms with van der Waals surface area (Å²) >= 11 is 0. The van der Waals surface area contributed by atoms with E-state index in [2.05, 4.69) is 68.1 Å². The van der Waals surface area contributed by atoms with E-state index in [1.807, 2.05) is 18.2 Å². The quantitative estimate of drug-likeness (QED) is 0.427. The van der Waals surface area contributed by atoms with Gasteiger partial charge >= 0.3 is 0 Å². The molecule has 2 rings (SSSR count). The van der Waals surface area contributed by atoms with E-state index in [-0.39, 0.29) is 0 Å². The lowest BCUT2D eigenvalue weighted by Gasteiger charge is -2.04. The number of hydrogen-bond donors (Lipinski definition) is 1. The topological polar surface area (TPSA) is 38.4 Å². The zero-order valence-corrected chi connectivity index (χ0v) is 13.9. The first-order chi connectivity index (χ1) is 11.1. The van der Waals surface area contributed by atoms with Crippen LogP contribution in [0.25, 0.3) is 5.57 Å². The third kappa shape index (κ3) is 4.96. The molecule has 0 saturated carbocycles. The van der Waals surface area contributed by atoms with Crippen molar-refractivity contribution in [1.82, 2.24) is 0 Å². The molecular weight excluding hydrogens is 280 g/mol. The maximum absolute atomic E-state index is 5.69. The number of nitrogens with two attached hydrogens (primary N) is 1. The van der Waals surface area contributed by atoms with E-state index in [1.54, 1.807) is 0 Å². The van der Waals surface area contributed by atoms with Crippen molar-refractivity contribution >= 4 is 23.7 Å². The number of anilines is 1.